The van der Waals surface area contributed by atoms with Crippen molar-refractivity contribution in [2.75, 3.05) is 44.1 Å². The largest absolute Gasteiger partial charge is 0.497 e. The second kappa shape index (κ2) is 12.0. The number of rotatable bonds is 10. The van der Waals surface area contributed by atoms with Crippen LogP contribution in [0.3, 0.4) is 0 Å². The van der Waals surface area contributed by atoms with Gasteiger partial charge in [0.05, 0.1) is 17.7 Å². The zero-order valence-electron chi connectivity index (χ0n) is 19.6. The Kier molecular flexibility index (Phi) is 9.14. The van der Waals surface area contributed by atoms with E-state index in [-0.39, 0.29) is 17.3 Å². The SMILES string of the molecule is COc1cccc(N(CC(=O)NCCCN2CCCCCC2)S(=O)(=O)c2ccc(C)cc2)c1. The average Bonchev–Trinajstić information content (AvgIpc) is 3.09. The third kappa shape index (κ3) is 7.20. The number of amides is 1. The maximum absolute atomic E-state index is 13.4. The lowest BCUT2D eigenvalue weighted by molar-refractivity contribution is -0.119. The molecule has 1 aliphatic rings. The summed E-state index contributed by atoms with van der Waals surface area (Å²) in [4.78, 5) is 15.3. The second-order valence-corrected chi connectivity index (χ2v) is 10.3. The molecule has 1 amide bonds. The predicted octanol–water partition coefficient (Wildman–Crippen LogP) is 3.58. The summed E-state index contributed by atoms with van der Waals surface area (Å²) in [6.07, 6.45) is 5.90. The van der Waals surface area contributed by atoms with Gasteiger partial charge in [0, 0.05) is 12.6 Å². The lowest BCUT2D eigenvalue weighted by Crippen LogP contribution is -2.41. The molecule has 1 heterocycles. The molecule has 1 fully saturated rings. The zero-order chi connectivity index (χ0) is 23.7. The molecule has 2 aromatic carbocycles. The molecule has 0 aromatic heterocycles. The Morgan fingerprint density at radius 3 is 2.42 bits per heavy atom. The number of hydrogen-bond donors (Lipinski definition) is 1. The number of ether oxygens (including phenoxy) is 1. The van der Waals surface area contributed by atoms with Gasteiger partial charge in [-0.3, -0.25) is 9.10 Å². The number of carbonyl (C=O) groups is 1. The van der Waals surface area contributed by atoms with E-state index in [2.05, 4.69) is 10.2 Å². The van der Waals surface area contributed by atoms with Crippen LogP contribution in [0.1, 0.15) is 37.7 Å². The minimum absolute atomic E-state index is 0.143. The van der Waals surface area contributed by atoms with Crippen molar-refractivity contribution in [3.63, 3.8) is 0 Å². The van der Waals surface area contributed by atoms with Crippen LogP contribution in [0.4, 0.5) is 5.69 Å². The highest BCUT2D eigenvalue weighted by Crippen LogP contribution is 2.27. The third-order valence-electron chi connectivity index (χ3n) is 5.91. The highest BCUT2D eigenvalue weighted by atomic mass is 32.2. The molecule has 1 N–H and O–H groups in total. The monoisotopic (exact) mass is 473 g/mol. The van der Waals surface area contributed by atoms with Gasteiger partial charge in [-0.15, -0.1) is 0 Å². The number of methoxy groups -OCH3 is 1. The van der Waals surface area contributed by atoms with Gasteiger partial charge in [0.15, 0.2) is 0 Å². The van der Waals surface area contributed by atoms with E-state index in [1.807, 2.05) is 6.92 Å². The van der Waals surface area contributed by atoms with Crippen molar-refractivity contribution in [2.45, 2.75) is 43.9 Å². The van der Waals surface area contributed by atoms with E-state index < -0.39 is 10.0 Å². The quantitative estimate of drug-likeness (QED) is 0.534. The first-order chi connectivity index (χ1) is 15.9. The van der Waals surface area contributed by atoms with Crippen molar-refractivity contribution in [3.05, 3.63) is 54.1 Å². The summed E-state index contributed by atoms with van der Waals surface area (Å²) < 4.78 is 33.3. The Labute approximate surface area is 197 Å². The number of nitrogens with zero attached hydrogens (tertiary/aromatic N) is 2. The first kappa shape index (κ1) is 25.1. The molecular formula is C25H35N3O4S. The van der Waals surface area contributed by atoms with Gasteiger partial charge in [0.1, 0.15) is 12.3 Å². The van der Waals surface area contributed by atoms with Crippen LogP contribution in [-0.2, 0) is 14.8 Å². The molecule has 1 saturated heterocycles. The third-order valence-corrected chi connectivity index (χ3v) is 7.70. The molecule has 0 saturated carbocycles. The Bertz CT molecular complexity index is 1000. The first-order valence-electron chi connectivity index (χ1n) is 11.6. The van der Waals surface area contributed by atoms with Crippen molar-refractivity contribution < 1.29 is 17.9 Å². The molecule has 180 valence electrons. The van der Waals surface area contributed by atoms with E-state index in [1.165, 1.54) is 32.8 Å². The normalized spacial score (nSPS) is 15.0. The van der Waals surface area contributed by atoms with E-state index in [4.69, 9.17) is 4.74 Å². The van der Waals surface area contributed by atoms with Crippen LogP contribution >= 0.6 is 0 Å². The number of hydrogen-bond acceptors (Lipinski definition) is 5. The van der Waals surface area contributed by atoms with Crippen molar-refractivity contribution >= 4 is 21.6 Å². The fourth-order valence-corrected chi connectivity index (χ4v) is 5.41. The summed E-state index contributed by atoms with van der Waals surface area (Å²) in [5.74, 6) is 0.193. The molecule has 0 spiro atoms. The minimum Gasteiger partial charge on any atom is -0.497 e. The first-order valence-corrected chi connectivity index (χ1v) is 13.1. The fraction of sp³-hybridized carbons (Fsp3) is 0.480. The molecule has 0 radical (unpaired) electrons. The van der Waals surface area contributed by atoms with Gasteiger partial charge in [-0.2, -0.15) is 0 Å². The summed E-state index contributed by atoms with van der Waals surface area (Å²) in [5, 5.41) is 2.90. The Hall–Kier alpha value is -2.58. The van der Waals surface area contributed by atoms with Crippen LogP contribution in [0.2, 0.25) is 0 Å². The van der Waals surface area contributed by atoms with E-state index in [9.17, 15) is 13.2 Å². The van der Waals surface area contributed by atoms with Gasteiger partial charge < -0.3 is 15.0 Å². The standard InChI is InChI=1S/C25H35N3O4S/c1-21-11-13-24(14-12-21)33(30,31)28(22-9-7-10-23(19-22)32-2)20-25(29)26-15-8-18-27-16-5-3-4-6-17-27/h7,9-14,19H,3-6,8,15-18,20H2,1-2H3,(H,26,29). The van der Waals surface area contributed by atoms with E-state index >= 15 is 0 Å². The van der Waals surface area contributed by atoms with Gasteiger partial charge >= 0.3 is 0 Å². The van der Waals surface area contributed by atoms with E-state index in [0.717, 1.165) is 35.9 Å². The number of benzene rings is 2. The van der Waals surface area contributed by atoms with Crippen molar-refractivity contribution in [1.29, 1.82) is 0 Å². The summed E-state index contributed by atoms with van der Waals surface area (Å²) in [6.45, 7) is 5.30. The van der Waals surface area contributed by atoms with E-state index in [1.54, 1.807) is 48.5 Å². The van der Waals surface area contributed by atoms with Crippen molar-refractivity contribution in [3.8, 4) is 5.75 Å². The lowest BCUT2D eigenvalue weighted by Gasteiger charge is -2.25. The van der Waals surface area contributed by atoms with Gasteiger partial charge in [-0.25, -0.2) is 8.42 Å². The topological polar surface area (TPSA) is 79.0 Å². The average molecular weight is 474 g/mol. The van der Waals surface area contributed by atoms with Gasteiger partial charge in [0.2, 0.25) is 5.91 Å². The summed E-state index contributed by atoms with van der Waals surface area (Å²) in [7, 11) is -2.41. The molecule has 0 aliphatic carbocycles. The minimum atomic E-state index is -3.93. The molecule has 1 aliphatic heterocycles. The number of nitrogens with one attached hydrogen (secondary N) is 1. The maximum Gasteiger partial charge on any atom is 0.264 e. The van der Waals surface area contributed by atoms with Gasteiger partial charge in [-0.1, -0.05) is 36.6 Å². The van der Waals surface area contributed by atoms with Crippen molar-refractivity contribution in [1.82, 2.24) is 10.2 Å². The maximum atomic E-state index is 13.4. The lowest BCUT2D eigenvalue weighted by atomic mass is 10.2. The molecular weight excluding hydrogens is 438 g/mol. The Morgan fingerprint density at radius 1 is 1.06 bits per heavy atom. The van der Waals surface area contributed by atoms with Crippen LogP contribution in [0.25, 0.3) is 0 Å². The van der Waals surface area contributed by atoms with Gasteiger partial charge in [0.25, 0.3) is 10.0 Å². The molecule has 2 aromatic rings. The predicted molar refractivity (Wildman–Crippen MR) is 131 cm³/mol. The van der Waals surface area contributed by atoms with E-state index in [0.29, 0.717) is 18.0 Å². The molecule has 7 nitrogen and oxygen atoms in total. The zero-order valence-corrected chi connectivity index (χ0v) is 20.4. The molecule has 3 rings (SSSR count). The van der Waals surface area contributed by atoms with Crippen LogP contribution < -0.4 is 14.4 Å². The Balaban J connectivity index is 1.68. The van der Waals surface area contributed by atoms with Crippen LogP contribution in [-0.4, -0.2) is 59.1 Å². The molecule has 0 unspecified atom stereocenters. The Morgan fingerprint density at radius 2 is 1.76 bits per heavy atom. The fourth-order valence-electron chi connectivity index (χ4n) is 3.99. The number of sulfonamides is 1. The highest BCUT2D eigenvalue weighted by Gasteiger charge is 2.27. The summed E-state index contributed by atoms with van der Waals surface area (Å²) >= 11 is 0. The summed E-state index contributed by atoms with van der Waals surface area (Å²) in [5.41, 5.74) is 1.35. The highest BCUT2D eigenvalue weighted by molar-refractivity contribution is 7.92. The molecule has 33 heavy (non-hydrogen) atoms. The van der Waals surface area contributed by atoms with Crippen LogP contribution in [0.5, 0.6) is 5.75 Å². The molecule has 0 bridgehead atoms. The van der Waals surface area contributed by atoms with Crippen molar-refractivity contribution in [2.24, 2.45) is 0 Å². The smallest absolute Gasteiger partial charge is 0.264 e. The number of aryl methyl sites for hydroxylation is 1. The second-order valence-electron chi connectivity index (χ2n) is 8.49. The van der Waals surface area contributed by atoms with Crippen LogP contribution in [0.15, 0.2) is 53.4 Å². The summed E-state index contributed by atoms with van der Waals surface area (Å²) in [6, 6.07) is 13.4. The van der Waals surface area contributed by atoms with Crippen LogP contribution in [0, 0.1) is 6.92 Å². The molecule has 0 atom stereocenters. The number of likely N-dealkylation sites (tertiary alicyclic amines) is 1. The van der Waals surface area contributed by atoms with Gasteiger partial charge in [-0.05, 0) is 70.1 Å². The number of anilines is 1. The molecule has 8 heteroatoms. The number of carbonyl (C=O) groups excluding carboxylic acids is 1.